The van der Waals surface area contributed by atoms with Crippen molar-refractivity contribution < 1.29 is 26.6 Å². The zero-order chi connectivity index (χ0) is 15.1. The highest BCUT2D eigenvalue weighted by Crippen LogP contribution is 2.16. The molecule has 0 aliphatic heterocycles. The van der Waals surface area contributed by atoms with Crippen LogP contribution in [0.5, 0.6) is 0 Å². The topological polar surface area (TPSA) is 20.2 Å². The summed E-state index contributed by atoms with van der Waals surface area (Å²) in [6.45, 7) is 12.0. The number of unbranched alkanes of at least 4 members (excludes halogenated alkanes) is 7. The average Bonchev–Trinajstić information content (AvgIpc) is 2.46. The molecule has 0 heterocycles. The summed E-state index contributed by atoms with van der Waals surface area (Å²) >= 11 is 0. The zero-order valence-electron chi connectivity index (χ0n) is 14.9. The summed E-state index contributed by atoms with van der Waals surface area (Å²) < 4.78 is 1.18. The van der Waals surface area contributed by atoms with Crippen molar-refractivity contribution in [2.24, 2.45) is 0 Å². The van der Waals surface area contributed by atoms with Gasteiger partial charge in [-0.1, -0.05) is 52.9 Å². The van der Waals surface area contributed by atoms with Crippen LogP contribution in [-0.2, 0) is 0 Å². The van der Waals surface area contributed by atoms with E-state index in [0.717, 1.165) is 6.54 Å². The van der Waals surface area contributed by atoms with Crippen LogP contribution in [0.4, 0.5) is 0 Å². The summed E-state index contributed by atoms with van der Waals surface area (Å²) in [4.78, 5) is 0. The molecule has 0 fully saturated rings. The Morgan fingerprint density at radius 2 is 1.00 bits per heavy atom. The number of aliphatic hydroxyl groups excluding tert-OH is 1. The van der Waals surface area contributed by atoms with Crippen LogP contribution in [0, 0.1) is 0 Å². The molecule has 0 saturated heterocycles. The second kappa shape index (κ2) is 16.8. The van der Waals surface area contributed by atoms with Gasteiger partial charge in [-0.15, -0.1) is 0 Å². The van der Waals surface area contributed by atoms with Gasteiger partial charge in [-0.2, -0.15) is 0 Å². The first kappa shape index (κ1) is 23.7. The SMILES string of the molecule is CCCCCC[N+](CCO)(CCCC)CCCCCC.[Br-]. The first-order chi connectivity index (χ1) is 9.74. The van der Waals surface area contributed by atoms with Crippen molar-refractivity contribution in [1.82, 2.24) is 0 Å². The molecule has 3 heteroatoms. The van der Waals surface area contributed by atoms with Crippen LogP contribution in [0.25, 0.3) is 0 Å². The van der Waals surface area contributed by atoms with Crippen molar-refractivity contribution >= 4 is 0 Å². The Kier molecular flexibility index (Phi) is 18.9. The van der Waals surface area contributed by atoms with Crippen LogP contribution in [0.3, 0.4) is 0 Å². The molecule has 130 valence electrons. The number of rotatable bonds is 15. The van der Waals surface area contributed by atoms with Gasteiger partial charge in [0.1, 0.15) is 6.54 Å². The molecule has 0 spiro atoms. The first-order valence-electron chi connectivity index (χ1n) is 9.20. The van der Waals surface area contributed by atoms with E-state index < -0.39 is 0 Å². The third-order valence-electron chi connectivity index (χ3n) is 4.53. The Morgan fingerprint density at radius 3 is 1.38 bits per heavy atom. The second-order valence-electron chi connectivity index (χ2n) is 6.43. The molecule has 0 aromatic rings. The van der Waals surface area contributed by atoms with Crippen molar-refractivity contribution in [1.29, 1.82) is 0 Å². The summed E-state index contributed by atoms with van der Waals surface area (Å²) in [5.74, 6) is 0. The smallest absolute Gasteiger partial charge is 0.102 e. The van der Waals surface area contributed by atoms with Gasteiger partial charge in [0, 0.05) is 0 Å². The Morgan fingerprint density at radius 1 is 0.571 bits per heavy atom. The van der Waals surface area contributed by atoms with Gasteiger partial charge in [-0.25, -0.2) is 0 Å². The number of aliphatic hydroxyl groups is 1. The summed E-state index contributed by atoms with van der Waals surface area (Å²) in [6.07, 6.45) is 13.3. The maximum atomic E-state index is 9.49. The summed E-state index contributed by atoms with van der Waals surface area (Å²) in [5, 5.41) is 9.49. The lowest BCUT2D eigenvalue weighted by Crippen LogP contribution is -3.00. The van der Waals surface area contributed by atoms with Crippen molar-refractivity contribution in [3.8, 4) is 0 Å². The molecule has 0 saturated carbocycles. The lowest BCUT2D eigenvalue weighted by Gasteiger charge is -2.39. The molecule has 0 aliphatic carbocycles. The highest BCUT2D eigenvalue weighted by molar-refractivity contribution is 4.50. The zero-order valence-corrected chi connectivity index (χ0v) is 16.5. The van der Waals surface area contributed by atoms with Gasteiger partial charge >= 0.3 is 0 Å². The van der Waals surface area contributed by atoms with E-state index >= 15 is 0 Å². The maximum Gasteiger partial charge on any atom is 0.102 e. The minimum absolute atomic E-state index is 0. The van der Waals surface area contributed by atoms with Crippen molar-refractivity contribution in [3.63, 3.8) is 0 Å². The van der Waals surface area contributed by atoms with E-state index in [1.165, 1.54) is 88.3 Å². The molecular formula is C18H40BrNO. The predicted octanol–water partition coefficient (Wildman–Crippen LogP) is 1.76. The third-order valence-corrected chi connectivity index (χ3v) is 4.53. The van der Waals surface area contributed by atoms with E-state index in [0.29, 0.717) is 6.61 Å². The van der Waals surface area contributed by atoms with Crippen molar-refractivity contribution in [3.05, 3.63) is 0 Å². The van der Waals surface area contributed by atoms with Gasteiger partial charge in [0.2, 0.25) is 0 Å². The van der Waals surface area contributed by atoms with Crippen molar-refractivity contribution in [2.75, 3.05) is 32.8 Å². The molecule has 0 atom stereocenters. The fraction of sp³-hybridized carbons (Fsp3) is 1.00. The van der Waals surface area contributed by atoms with E-state index in [4.69, 9.17) is 0 Å². The van der Waals surface area contributed by atoms with E-state index in [1.807, 2.05) is 0 Å². The molecule has 0 unspecified atom stereocenters. The molecule has 0 aromatic carbocycles. The van der Waals surface area contributed by atoms with E-state index in [9.17, 15) is 5.11 Å². The maximum absolute atomic E-state index is 9.49. The molecule has 21 heavy (non-hydrogen) atoms. The quantitative estimate of drug-likeness (QED) is 0.346. The fourth-order valence-corrected chi connectivity index (χ4v) is 3.12. The Labute approximate surface area is 144 Å². The number of nitrogens with zero attached hydrogens (tertiary/aromatic N) is 1. The highest BCUT2D eigenvalue weighted by atomic mass is 79.9. The largest absolute Gasteiger partial charge is 1.00 e. The van der Waals surface area contributed by atoms with Gasteiger partial charge in [-0.05, 0) is 32.1 Å². The molecule has 1 N–H and O–H groups in total. The molecule has 0 rings (SSSR count). The van der Waals surface area contributed by atoms with Crippen LogP contribution >= 0.6 is 0 Å². The second-order valence-corrected chi connectivity index (χ2v) is 6.43. The first-order valence-corrected chi connectivity index (χ1v) is 9.20. The molecule has 0 aliphatic rings. The fourth-order valence-electron chi connectivity index (χ4n) is 3.12. The number of quaternary nitrogens is 1. The monoisotopic (exact) mass is 365 g/mol. The summed E-state index contributed by atoms with van der Waals surface area (Å²) in [7, 11) is 0. The van der Waals surface area contributed by atoms with Crippen molar-refractivity contribution in [2.45, 2.75) is 85.0 Å². The van der Waals surface area contributed by atoms with Crippen LogP contribution < -0.4 is 17.0 Å². The lowest BCUT2D eigenvalue weighted by atomic mass is 10.1. The van der Waals surface area contributed by atoms with Crippen LogP contribution in [0.1, 0.15) is 85.0 Å². The van der Waals surface area contributed by atoms with E-state index in [-0.39, 0.29) is 17.0 Å². The number of halogens is 1. The van der Waals surface area contributed by atoms with Gasteiger partial charge in [0.05, 0.1) is 26.2 Å². The lowest BCUT2D eigenvalue weighted by molar-refractivity contribution is -0.929. The number of hydrogen-bond acceptors (Lipinski definition) is 1. The number of hydrogen-bond donors (Lipinski definition) is 1. The van der Waals surface area contributed by atoms with Crippen LogP contribution in [-0.4, -0.2) is 42.4 Å². The predicted molar refractivity (Wildman–Crippen MR) is 90.0 cm³/mol. The van der Waals surface area contributed by atoms with Crippen LogP contribution in [0.2, 0.25) is 0 Å². The van der Waals surface area contributed by atoms with E-state index in [2.05, 4.69) is 20.8 Å². The molecular weight excluding hydrogens is 326 g/mol. The Balaban J connectivity index is 0. The average molecular weight is 366 g/mol. The van der Waals surface area contributed by atoms with Crippen LogP contribution in [0.15, 0.2) is 0 Å². The highest BCUT2D eigenvalue weighted by Gasteiger charge is 2.25. The Hall–Kier alpha value is 0.400. The summed E-state index contributed by atoms with van der Waals surface area (Å²) in [5.41, 5.74) is 0. The van der Waals surface area contributed by atoms with Gasteiger partial charge in [-0.3, -0.25) is 0 Å². The third kappa shape index (κ3) is 12.6. The standard InChI is InChI=1S/C18H40NO.BrH/c1-4-7-10-12-15-19(17-18-20,14-9-6-3)16-13-11-8-5-2;/h20H,4-18H2,1-3H3;1H/q+1;/p-1. The minimum atomic E-state index is 0. The molecule has 0 bridgehead atoms. The molecule has 0 amide bonds. The summed E-state index contributed by atoms with van der Waals surface area (Å²) in [6, 6.07) is 0. The Bertz CT molecular complexity index is 188. The molecule has 2 nitrogen and oxygen atoms in total. The normalized spacial score (nSPS) is 11.4. The molecule has 0 aromatic heterocycles. The van der Waals surface area contributed by atoms with Gasteiger partial charge in [0.15, 0.2) is 0 Å². The molecule has 0 radical (unpaired) electrons. The van der Waals surface area contributed by atoms with Gasteiger partial charge < -0.3 is 26.6 Å². The van der Waals surface area contributed by atoms with E-state index in [1.54, 1.807) is 0 Å². The van der Waals surface area contributed by atoms with Gasteiger partial charge in [0.25, 0.3) is 0 Å². The minimum Gasteiger partial charge on any atom is -1.00 e.